The van der Waals surface area contributed by atoms with Crippen molar-refractivity contribution in [2.75, 3.05) is 0 Å². The summed E-state index contributed by atoms with van der Waals surface area (Å²) in [6.45, 7) is 7.95. The second-order valence-corrected chi connectivity index (χ2v) is 6.64. The fourth-order valence-corrected chi connectivity index (χ4v) is 3.25. The van der Waals surface area contributed by atoms with Crippen LogP contribution in [0.3, 0.4) is 0 Å². The number of rotatable bonds is 4. The predicted molar refractivity (Wildman–Crippen MR) is 95.1 cm³/mol. The molecule has 23 heavy (non-hydrogen) atoms. The molecule has 1 atom stereocenters. The molecule has 1 aromatic carbocycles. The quantitative estimate of drug-likeness (QED) is 0.667. The Morgan fingerprint density at radius 1 is 1.26 bits per heavy atom. The molecule has 1 unspecified atom stereocenters. The first-order valence-corrected chi connectivity index (χ1v) is 8.34. The van der Waals surface area contributed by atoms with Crippen molar-refractivity contribution in [3.8, 4) is 6.07 Å². The summed E-state index contributed by atoms with van der Waals surface area (Å²) in [7, 11) is 0. The van der Waals surface area contributed by atoms with Crippen LogP contribution in [0.25, 0.3) is 6.08 Å². The van der Waals surface area contributed by atoms with E-state index in [1.165, 1.54) is 11.3 Å². The lowest BCUT2D eigenvalue weighted by Crippen LogP contribution is -2.28. The van der Waals surface area contributed by atoms with E-state index in [9.17, 15) is 10.1 Å². The molecule has 0 saturated heterocycles. The van der Waals surface area contributed by atoms with Crippen LogP contribution in [0, 0.1) is 32.1 Å². The zero-order valence-corrected chi connectivity index (χ0v) is 14.6. The topological polar surface area (TPSA) is 52.9 Å². The first-order chi connectivity index (χ1) is 10.9. The molecule has 0 radical (unpaired) electrons. The van der Waals surface area contributed by atoms with Crippen molar-refractivity contribution in [2.45, 2.75) is 33.7 Å². The highest BCUT2D eigenvalue weighted by Gasteiger charge is 2.16. The summed E-state index contributed by atoms with van der Waals surface area (Å²) in [6.07, 6.45) is 1.66. The fourth-order valence-electron chi connectivity index (χ4n) is 2.39. The maximum absolute atomic E-state index is 12.4. The Morgan fingerprint density at radius 3 is 2.61 bits per heavy atom. The number of amides is 1. The van der Waals surface area contributed by atoms with Gasteiger partial charge in [0, 0.05) is 4.88 Å². The van der Waals surface area contributed by atoms with Gasteiger partial charge in [-0.25, -0.2) is 0 Å². The van der Waals surface area contributed by atoms with Crippen molar-refractivity contribution >= 4 is 23.3 Å². The molecule has 0 saturated carbocycles. The second kappa shape index (κ2) is 7.26. The van der Waals surface area contributed by atoms with E-state index in [0.29, 0.717) is 0 Å². The molecule has 0 bridgehead atoms. The first kappa shape index (κ1) is 17.0. The van der Waals surface area contributed by atoms with Crippen LogP contribution in [0.4, 0.5) is 0 Å². The molecule has 2 aromatic rings. The molecule has 2 rings (SSSR count). The van der Waals surface area contributed by atoms with E-state index < -0.39 is 0 Å². The van der Waals surface area contributed by atoms with Crippen LogP contribution < -0.4 is 5.32 Å². The van der Waals surface area contributed by atoms with Crippen LogP contribution >= 0.6 is 11.3 Å². The van der Waals surface area contributed by atoms with Gasteiger partial charge in [-0.15, -0.1) is 11.3 Å². The van der Waals surface area contributed by atoms with Crippen LogP contribution in [0.15, 0.2) is 35.2 Å². The smallest absolute Gasteiger partial charge is 0.262 e. The van der Waals surface area contributed by atoms with Gasteiger partial charge in [0.1, 0.15) is 11.6 Å². The van der Waals surface area contributed by atoms with Gasteiger partial charge in [-0.2, -0.15) is 5.26 Å². The van der Waals surface area contributed by atoms with Crippen molar-refractivity contribution in [3.63, 3.8) is 0 Å². The molecule has 1 amide bonds. The van der Waals surface area contributed by atoms with Gasteiger partial charge >= 0.3 is 0 Å². The molecule has 3 nitrogen and oxygen atoms in total. The van der Waals surface area contributed by atoms with Gasteiger partial charge in [-0.3, -0.25) is 4.79 Å². The van der Waals surface area contributed by atoms with Crippen molar-refractivity contribution < 1.29 is 4.79 Å². The van der Waals surface area contributed by atoms with Gasteiger partial charge in [-0.05, 0) is 61.9 Å². The largest absolute Gasteiger partial charge is 0.345 e. The van der Waals surface area contributed by atoms with E-state index in [-0.39, 0.29) is 17.5 Å². The van der Waals surface area contributed by atoms with Crippen LogP contribution in [-0.4, -0.2) is 5.91 Å². The molecule has 0 fully saturated rings. The molecule has 1 aromatic heterocycles. The third kappa shape index (κ3) is 4.08. The number of carbonyl (C=O) groups excluding carboxylic acids is 1. The number of hydrogen-bond donors (Lipinski definition) is 1. The van der Waals surface area contributed by atoms with Crippen molar-refractivity contribution in [1.82, 2.24) is 5.32 Å². The maximum Gasteiger partial charge on any atom is 0.262 e. The molecular formula is C19H20N2OS. The third-order valence-corrected chi connectivity index (χ3v) is 4.76. The Kier molecular flexibility index (Phi) is 5.36. The molecule has 0 aliphatic carbocycles. The van der Waals surface area contributed by atoms with Crippen LogP contribution in [-0.2, 0) is 4.79 Å². The molecule has 1 N–H and O–H groups in total. The standard InChI is InChI=1S/C19H20N2OS/c1-12-5-6-13(2)17(9-12)15(4)21-19(22)16(11-20)10-18-14(3)7-8-23-18/h5-10,15H,1-4H3,(H,21,22)/b16-10-. The molecule has 0 aliphatic heterocycles. The summed E-state index contributed by atoms with van der Waals surface area (Å²) >= 11 is 1.52. The Bertz CT molecular complexity index is 796. The zero-order valence-electron chi connectivity index (χ0n) is 13.8. The molecule has 1 heterocycles. The van der Waals surface area contributed by atoms with Gasteiger partial charge in [0.25, 0.3) is 5.91 Å². The highest BCUT2D eigenvalue weighted by atomic mass is 32.1. The summed E-state index contributed by atoms with van der Waals surface area (Å²) in [5.41, 5.74) is 4.55. The van der Waals surface area contributed by atoms with Gasteiger partial charge in [0.05, 0.1) is 6.04 Å². The number of nitrogens with one attached hydrogen (secondary N) is 1. The maximum atomic E-state index is 12.4. The van der Waals surface area contributed by atoms with Crippen LogP contribution in [0.1, 0.15) is 40.1 Å². The van der Waals surface area contributed by atoms with E-state index in [4.69, 9.17) is 0 Å². The van der Waals surface area contributed by atoms with E-state index >= 15 is 0 Å². The SMILES string of the molecule is Cc1ccc(C)c(C(C)NC(=O)/C(C#N)=C\c2sccc2C)c1. The number of nitrogens with zero attached hydrogens (tertiary/aromatic N) is 1. The highest BCUT2D eigenvalue weighted by molar-refractivity contribution is 7.11. The lowest BCUT2D eigenvalue weighted by Gasteiger charge is -2.17. The lowest BCUT2D eigenvalue weighted by molar-refractivity contribution is -0.117. The Morgan fingerprint density at radius 2 is 2.00 bits per heavy atom. The van der Waals surface area contributed by atoms with E-state index in [0.717, 1.165) is 27.1 Å². The Balaban J connectivity index is 2.20. The van der Waals surface area contributed by atoms with Gasteiger partial charge in [0.2, 0.25) is 0 Å². The summed E-state index contributed by atoms with van der Waals surface area (Å²) in [5.74, 6) is -0.339. The molecule has 118 valence electrons. The summed E-state index contributed by atoms with van der Waals surface area (Å²) in [5, 5.41) is 14.2. The average Bonchev–Trinajstić information content (AvgIpc) is 2.92. The van der Waals surface area contributed by atoms with Crippen molar-refractivity contribution in [1.29, 1.82) is 5.26 Å². The van der Waals surface area contributed by atoms with E-state index in [1.807, 2.05) is 57.3 Å². The number of hydrogen-bond acceptors (Lipinski definition) is 3. The van der Waals surface area contributed by atoms with Gasteiger partial charge in [0.15, 0.2) is 0 Å². The number of carbonyl (C=O) groups is 1. The number of nitriles is 1. The average molecular weight is 324 g/mol. The van der Waals surface area contributed by atoms with Crippen molar-refractivity contribution in [2.24, 2.45) is 0 Å². The minimum Gasteiger partial charge on any atom is -0.345 e. The highest BCUT2D eigenvalue weighted by Crippen LogP contribution is 2.21. The normalized spacial score (nSPS) is 12.6. The fraction of sp³-hybridized carbons (Fsp3) is 0.263. The number of thiophene rings is 1. The molecule has 0 spiro atoms. The van der Waals surface area contributed by atoms with Crippen molar-refractivity contribution in [3.05, 3.63) is 62.3 Å². The minimum atomic E-state index is -0.339. The van der Waals surface area contributed by atoms with E-state index in [1.54, 1.807) is 6.08 Å². The second-order valence-electron chi connectivity index (χ2n) is 5.69. The predicted octanol–water partition coefficient (Wildman–Crippen LogP) is 4.46. The minimum absolute atomic E-state index is 0.132. The number of benzene rings is 1. The third-order valence-electron chi connectivity index (χ3n) is 3.79. The monoisotopic (exact) mass is 324 g/mol. The van der Waals surface area contributed by atoms with Gasteiger partial charge < -0.3 is 5.32 Å². The summed E-state index contributed by atoms with van der Waals surface area (Å²) in [6, 6.07) is 9.99. The molecular weight excluding hydrogens is 304 g/mol. The van der Waals surface area contributed by atoms with Gasteiger partial charge in [-0.1, -0.05) is 23.8 Å². The Labute approximate surface area is 141 Å². The summed E-state index contributed by atoms with van der Waals surface area (Å²) in [4.78, 5) is 13.3. The first-order valence-electron chi connectivity index (χ1n) is 7.46. The molecule has 4 heteroatoms. The van der Waals surface area contributed by atoms with Crippen LogP contribution in [0.2, 0.25) is 0 Å². The zero-order chi connectivity index (χ0) is 17.0. The Hall–Kier alpha value is -2.38. The summed E-state index contributed by atoms with van der Waals surface area (Å²) < 4.78 is 0. The van der Waals surface area contributed by atoms with E-state index in [2.05, 4.69) is 11.4 Å². The molecule has 0 aliphatic rings. The van der Waals surface area contributed by atoms with Crippen LogP contribution in [0.5, 0.6) is 0 Å². The lowest BCUT2D eigenvalue weighted by atomic mass is 9.99. The number of aryl methyl sites for hydroxylation is 3.